The number of aryl methyl sites for hydroxylation is 1. The highest BCUT2D eigenvalue weighted by Gasteiger charge is 2.32. The molecule has 1 aliphatic heterocycles. The second-order valence-electron chi connectivity index (χ2n) is 6.68. The molecule has 28 heavy (non-hydrogen) atoms. The van der Waals surface area contributed by atoms with Gasteiger partial charge < -0.3 is 10.2 Å². The number of aromatic nitrogens is 1. The number of para-hydroxylation sites is 2. The Bertz CT molecular complexity index is 1070. The zero-order chi connectivity index (χ0) is 19.7. The van der Waals surface area contributed by atoms with E-state index in [1.807, 2.05) is 31.2 Å². The van der Waals surface area contributed by atoms with E-state index in [0.29, 0.717) is 18.8 Å². The molecular weight excluding hydrogens is 359 g/mol. The van der Waals surface area contributed by atoms with Crippen molar-refractivity contribution in [1.29, 1.82) is 0 Å². The number of carbonyl (C=O) groups is 2. The van der Waals surface area contributed by atoms with E-state index in [2.05, 4.69) is 10.3 Å². The van der Waals surface area contributed by atoms with Crippen molar-refractivity contribution >= 4 is 34.2 Å². The summed E-state index contributed by atoms with van der Waals surface area (Å²) in [6.45, 7) is 2.46. The van der Waals surface area contributed by atoms with Crippen molar-refractivity contribution in [2.45, 2.75) is 6.92 Å². The second kappa shape index (κ2) is 7.26. The third-order valence-electron chi connectivity index (χ3n) is 4.69. The number of urea groups is 1. The topological polar surface area (TPSA) is 65.5 Å². The lowest BCUT2D eigenvalue weighted by Crippen LogP contribution is -2.37. The third kappa shape index (κ3) is 3.38. The molecule has 0 aliphatic carbocycles. The summed E-state index contributed by atoms with van der Waals surface area (Å²) in [6.07, 6.45) is 0. The van der Waals surface area contributed by atoms with Gasteiger partial charge in [-0.2, -0.15) is 0 Å². The van der Waals surface area contributed by atoms with Crippen LogP contribution >= 0.6 is 0 Å². The number of carbonyl (C=O) groups excluding carboxylic acids is 2. The van der Waals surface area contributed by atoms with Gasteiger partial charge in [0.1, 0.15) is 12.4 Å². The van der Waals surface area contributed by atoms with Gasteiger partial charge in [0.05, 0.1) is 16.9 Å². The van der Waals surface area contributed by atoms with Gasteiger partial charge in [0, 0.05) is 24.2 Å². The number of pyridine rings is 1. The van der Waals surface area contributed by atoms with Crippen molar-refractivity contribution in [2.75, 3.05) is 29.9 Å². The van der Waals surface area contributed by atoms with Crippen LogP contribution in [0.4, 0.5) is 20.6 Å². The highest BCUT2D eigenvalue weighted by atomic mass is 19.1. The number of nitrogens with zero attached hydrogens (tertiary/aromatic N) is 3. The largest absolute Gasteiger partial charge is 0.325 e. The molecule has 142 valence electrons. The van der Waals surface area contributed by atoms with Crippen molar-refractivity contribution in [3.8, 4) is 0 Å². The first kappa shape index (κ1) is 17.9. The minimum absolute atomic E-state index is 0.0977. The quantitative estimate of drug-likeness (QED) is 0.755. The zero-order valence-corrected chi connectivity index (χ0v) is 15.4. The summed E-state index contributed by atoms with van der Waals surface area (Å²) in [5, 5.41) is 3.71. The van der Waals surface area contributed by atoms with Crippen molar-refractivity contribution in [3.63, 3.8) is 0 Å². The fraction of sp³-hybridized carbons (Fsp3) is 0.190. The maximum Gasteiger partial charge on any atom is 0.325 e. The van der Waals surface area contributed by atoms with Gasteiger partial charge in [0.2, 0.25) is 5.91 Å². The van der Waals surface area contributed by atoms with Crippen LogP contribution in [0.2, 0.25) is 0 Å². The summed E-state index contributed by atoms with van der Waals surface area (Å²) in [5.41, 5.74) is 2.47. The summed E-state index contributed by atoms with van der Waals surface area (Å²) < 4.78 is 14.0. The fourth-order valence-corrected chi connectivity index (χ4v) is 3.40. The lowest BCUT2D eigenvalue weighted by Gasteiger charge is -2.19. The van der Waals surface area contributed by atoms with Crippen LogP contribution in [-0.4, -0.2) is 41.5 Å². The minimum atomic E-state index is -0.458. The molecule has 0 unspecified atom stereocenters. The molecule has 2 aromatic carbocycles. The average Bonchev–Trinajstić information content (AvgIpc) is 3.02. The number of fused-ring (bicyclic) bond motifs is 1. The Morgan fingerprint density at radius 1 is 1.14 bits per heavy atom. The molecule has 1 fully saturated rings. The molecule has 6 nitrogen and oxygen atoms in total. The smallest absolute Gasteiger partial charge is 0.324 e. The van der Waals surface area contributed by atoms with Crippen LogP contribution in [0.15, 0.2) is 54.6 Å². The lowest BCUT2D eigenvalue weighted by atomic mass is 10.1. The zero-order valence-electron chi connectivity index (χ0n) is 15.4. The predicted molar refractivity (Wildman–Crippen MR) is 106 cm³/mol. The molecule has 2 heterocycles. The van der Waals surface area contributed by atoms with Crippen LogP contribution in [0.25, 0.3) is 10.9 Å². The van der Waals surface area contributed by atoms with Crippen molar-refractivity contribution in [1.82, 2.24) is 9.88 Å². The normalized spacial score (nSPS) is 14.0. The Kier molecular flexibility index (Phi) is 4.65. The Labute approximate surface area is 161 Å². The molecule has 0 saturated carbocycles. The first-order valence-corrected chi connectivity index (χ1v) is 9.00. The number of anilines is 2. The molecule has 0 bridgehead atoms. The molecule has 1 aliphatic rings. The number of hydrogen-bond donors (Lipinski definition) is 1. The van der Waals surface area contributed by atoms with E-state index < -0.39 is 5.82 Å². The van der Waals surface area contributed by atoms with E-state index in [9.17, 15) is 14.0 Å². The van der Waals surface area contributed by atoms with Crippen LogP contribution in [0.5, 0.6) is 0 Å². The van der Waals surface area contributed by atoms with E-state index >= 15 is 0 Å². The van der Waals surface area contributed by atoms with Gasteiger partial charge in [-0.25, -0.2) is 9.18 Å². The molecule has 0 atom stereocenters. The Balaban J connectivity index is 1.48. The second-order valence-corrected chi connectivity index (χ2v) is 6.68. The van der Waals surface area contributed by atoms with Gasteiger partial charge in [-0.05, 0) is 31.2 Å². The van der Waals surface area contributed by atoms with Crippen molar-refractivity contribution in [2.24, 2.45) is 0 Å². The van der Waals surface area contributed by atoms with Crippen molar-refractivity contribution in [3.05, 3.63) is 66.1 Å². The molecule has 7 heteroatoms. The maximum atomic E-state index is 14.0. The molecule has 0 radical (unpaired) electrons. The first-order valence-electron chi connectivity index (χ1n) is 9.00. The summed E-state index contributed by atoms with van der Waals surface area (Å²) in [4.78, 5) is 32.4. The van der Waals surface area contributed by atoms with Crippen molar-refractivity contribution < 1.29 is 14.0 Å². The molecule has 3 amide bonds. The molecule has 3 aromatic rings. The SMILES string of the molecule is Cc1cc(NC(=O)CN2CCN(c3ccccc3F)C2=O)c2ccccc2n1. The van der Waals surface area contributed by atoms with Gasteiger partial charge in [-0.3, -0.25) is 14.7 Å². The number of hydrogen-bond acceptors (Lipinski definition) is 3. The Morgan fingerprint density at radius 2 is 1.89 bits per heavy atom. The molecular formula is C21H19FN4O2. The average molecular weight is 378 g/mol. The number of halogens is 1. The van der Waals surface area contributed by atoms with Crippen LogP contribution in [0.1, 0.15) is 5.69 Å². The number of benzene rings is 2. The molecule has 4 rings (SSSR count). The van der Waals surface area contributed by atoms with E-state index in [1.165, 1.54) is 15.9 Å². The van der Waals surface area contributed by atoms with Crippen LogP contribution in [0.3, 0.4) is 0 Å². The van der Waals surface area contributed by atoms with Gasteiger partial charge in [-0.15, -0.1) is 0 Å². The van der Waals surface area contributed by atoms with E-state index in [0.717, 1.165) is 16.6 Å². The molecule has 1 aromatic heterocycles. The van der Waals surface area contributed by atoms with E-state index in [4.69, 9.17) is 0 Å². The maximum absolute atomic E-state index is 14.0. The van der Waals surface area contributed by atoms with E-state index in [1.54, 1.807) is 24.3 Å². The molecule has 1 saturated heterocycles. The molecule has 0 spiro atoms. The van der Waals surface area contributed by atoms with Gasteiger partial charge in [0.25, 0.3) is 0 Å². The van der Waals surface area contributed by atoms with Gasteiger partial charge in [-0.1, -0.05) is 30.3 Å². The Hall–Kier alpha value is -3.48. The van der Waals surface area contributed by atoms with Crippen LogP contribution < -0.4 is 10.2 Å². The Morgan fingerprint density at radius 3 is 2.71 bits per heavy atom. The molecule has 1 N–H and O–H groups in total. The highest BCUT2D eigenvalue weighted by Crippen LogP contribution is 2.25. The number of amides is 3. The summed E-state index contributed by atoms with van der Waals surface area (Å²) in [6, 6.07) is 15.1. The number of rotatable bonds is 4. The highest BCUT2D eigenvalue weighted by molar-refractivity contribution is 6.03. The monoisotopic (exact) mass is 378 g/mol. The summed E-state index contributed by atoms with van der Waals surface area (Å²) in [5.74, 6) is -0.764. The van der Waals surface area contributed by atoms with Crippen LogP contribution in [-0.2, 0) is 4.79 Å². The summed E-state index contributed by atoms with van der Waals surface area (Å²) >= 11 is 0. The lowest BCUT2D eigenvalue weighted by molar-refractivity contribution is -0.116. The van der Waals surface area contributed by atoms with Gasteiger partial charge >= 0.3 is 6.03 Å². The van der Waals surface area contributed by atoms with Gasteiger partial charge in [0.15, 0.2) is 0 Å². The third-order valence-corrected chi connectivity index (χ3v) is 4.69. The summed E-state index contributed by atoms with van der Waals surface area (Å²) in [7, 11) is 0. The predicted octanol–water partition coefficient (Wildman–Crippen LogP) is 3.56. The van der Waals surface area contributed by atoms with E-state index in [-0.39, 0.29) is 24.2 Å². The minimum Gasteiger partial charge on any atom is -0.324 e. The first-order chi connectivity index (χ1) is 13.5. The standard InChI is InChI=1S/C21H19FN4O2/c1-14-12-18(15-6-2-4-8-17(15)23-14)24-20(27)13-25-10-11-26(21(25)28)19-9-5-3-7-16(19)22/h2-9,12H,10-11,13H2,1H3,(H,23,24,27). The van der Waals surface area contributed by atoms with Crippen LogP contribution in [0, 0.1) is 12.7 Å². The fourth-order valence-electron chi connectivity index (χ4n) is 3.40. The number of nitrogens with one attached hydrogen (secondary N) is 1.